The number of rotatable bonds is 6. The molecular formula is C14H21NO3. The molecule has 0 bridgehead atoms. The molecule has 3 unspecified atom stereocenters. The Kier molecular flexibility index (Phi) is 4.58. The average molecular weight is 251 g/mol. The molecule has 0 spiro atoms. The molecule has 18 heavy (non-hydrogen) atoms. The second kappa shape index (κ2) is 6.18. The van der Waals surface area contributed by atoms with Gasteiger partial charge in [-0.25, -0.2) is 0 Å². The van der Waals surface area contributed by atoms with Crippen molar-refractivity contribution in [3.8, 4) is 5.75 Å². The summed E-state index contributed by atoms with van der Waals surface area (Å²) in [4.78, 5) is 0. The quantitative estimate of drug-likeness (QED) is 0.779. The molecule has 0 aromatic heterocycles. The van der Waals surface area contributed by atoms with Crippen LogP contribution >= 0.6 is 0 Å². The molecule has 1 aliphatic rings. The first-order valence-electron chi connectivity index (χ1n) is 6.30. The number of aryl methyl sites for hydroxylation is 1. The van der Waals surface area contributed by atoms with Crippen LogP contribution in [0.1, 0.15) is 12.0 Å². The zero-order valence-corrected chi connectivity index (χ0v) is 11.0. The van der Waals surface area contributed by atoms with Crippen LogP contribution in [0.15, 0.2) is 24.3 Å². The Bertz CT molecular complexity index is 383. The molecule has 100 valence electrons. The third-order valence-electron chi connectivity index (χ3n) is 3.17. The molecule has 1 saturated carbocycles. The largest absolute Gasteiger partial charge is 0.488 e. The molecule has 4 heteroatoms. The summed E-state index contributed by atoms with van der Waals surface area (Å²) >= 11 is 0. The van der Waals surface area contributed by atoms with E-state index in [0.29, 0.717) is 13.2 Å². The van der Waals surface area contributed by atoms with E-state index in [4.69, 9.17) is 19.9 Å². The second-order valence-electron chi connectivity index (χ2n) is 4.70. The van der Waals surface area contributed by atoms with Crippen LogP contribution in [0, 0.1) is 6.92 Å². The monoisotopic (exact) mass is 251 g/mol. The summed E-state index contributed by atoms with van der Waals surface area (Å²) in [5, 5.41) is 0. The van der Waals surface area contributed by atoms with E-state index < -0.39 is 0 Å². The van der Waals surface area contributed by atoms with Crippen molar-refractivity contribution in [2.75, 3.05) is 20.3 Å². The summed E-state index contributed by atoms with van der Waals surface area (Å²) in [6.45, 7) is 3.19. The standard InChI is InChI=1S/C14H21NO3/c1-10-4-3-5-11(8-10)18-13-9-12(15)14(13)17-7-6-16-2/h3-5,8,12-14H,6-7,9,15H2,1-2H3. The maximum absolute atomic E-state index is 5.93. The maximum atomic E-state index is 5.93. The first-order valence-corrected chi connectivity index (χ1v) is 6.30. The highest BCUT2D eigenvalue weighted by molar-refractivity contribution is 5.28. The molecule has 3 atom stereocenters. The first kappa shape index (κ1) is 13.3. The Morgan fingerprint density at radius 1 is 1.33 bits per heavy atom. The van der Waals surface area contributed by atoms with Gasteiger partial charge in [-0.15, -0.1) is 0 Å². The third kappa shape index (κ3) is 3.22. The Balaban J connectivity index is 1.85. The number of hydrogen-bond donors (Lipinski definition) is 1. The van der Waals surface area contributed by atoms with Crippen LogP contribution in [0.3, 0.4) is 0 Å². The van der Waals surface area contributed by atoms with E-state index in [9.17, 15) is 0 Å². The van der Waals surface area contributed by atoms with Crippen molar-refractivity contribution in [1.82, 2.24) is 0 Å². The highest BCUT2D eigenvalue weighted by Crippen LogP contribution is 2.28. The van der Waals surface area contributed by atoms with Gasteiger partial charge in [0.1, 0.15) is 18.0 Å². The molecule has 1 aromatic carbocycles. The fourth-order valence-corrected chi connectivity index (χ4v) is 2.09. The van der Waals surface area contributed by atoms with E-state index in [0.717, 1.165) is 12.2 Å². The van der Waals surface area contributed by atoms with Crippen LogP contribution in [0.5, 0.6) is 5.75 Å². The number of ether oxygens (including phenoxy) is 3. The molecule has 0 amide bonds. The summed E-state index contributed by atoms with van der Waals surface area (Å²) in [5.74, 6) is 0.882. The van der Waals surface area contributed by atoms with E-state index in [1.165, 1.54) is 5.56 Å². The normalized spacial score (nSPS) is 26.7. The van der Waals surface area contributed by atoms with E-state index in [1.807, 2.05) is 31.2 Å². The van der Waals surface area contributed by atoms with Gasteiger partial charge < -0.3 is 19.9 Å². The molecule has 0 radical (unpaired) electrons. The molecule has 0 heterocycles. The van der Waals surface area contributed by atoms with E-state index in [2.05, 4.69) is 0 Å². The van der Waals surface area contributed by atoms with Crippen LogP contribution in [0.25, 0.3) is 0 Å². The molecule has 1 fully saturated rings. The van der Waals surface area contributed by atoms with Crippen LogP contribution in [0.2, 0.25) is 0 Å². The van der Waals surface area contributed by atoms with Gasteiger partial charge in [-0.2, -0.15) is 0 Å². The smallest absolute Gasteiger partial charge is 0.128 e. The van der Waals surface area contributed by atoms with Crippen molar-refractivity contribution in [1.29, 1.82) is 0 Å². The Morgan fingerprint density at radius 3 is 2.83 bits per heavy atom. The summed E-state index contributed by atoms with van der Waals surface area (Å²) < 4.78 is 16.5. The number of hydrogen-bond acceptors (Lipinski definition) is 4. The Hall–Kier alpha value is -1.10. The van der Waals surface area contributed by atoms with Crippen LogP contribution in [-0.4, -0.2) is 38.6 Å². The number of methoxy groups -OCH3 is 1. The minimum Gasteiger partial charge on any atom is -0.488 e. The van der Waals surface area contributed by atoms with Gasteiger partial charge >= 0.3 is 0 Å². The van der Waals surface area contributed by atoms with Gasteiger partial charge in [0.25, 0.3) is 0 Å². The van der Waals surface area contributed by atoms with E-state index in [1.54, 1.807) is 7.11 Å². The maximum Gasteiger partial charge on any atom is 0.128 e. The van der Waals surface area contributed by atoms with Crippen LogP contribution in [-0.2, 0) is 9.47 Å². The minimum atomic E-state index is -0.0272. The SMILES string of the molecule is COCCOC1C(N)CC1Oc1cccc(C)c1. The second-order valence-corrected chi connectivity index (χ2v) is 4.70. The topological polar surface area (TPSA) is 53.7 Å². The zero-order valence-electron chi connectivity index (χ0n) is 11.0. The molecule has 1 aromatic rings. The van der Waals surface area contributed by atoms with Gasteiger partial charge in [-0.1, -0.05) is 12.1 Å². The highest BCUT2D eigenvalue weighted by Gasteiger charge is 2.41. The van der Waals surface area contributed by atoms with Crippen molar-refractivity contribution < 1.29 is 14.2 Å². The van der Waals surface area contributed by atoms with Gasteiger partial charge in [-0.3, -0.25) is 0 Å². The van der Waals surface area contributed by atoms with Gasteiger partial charge in [0.05, 0.1) is 13.2 Å². The molecule has 4 nitrogen and oxygen atoms in total. The lowest BCUT2D eigenvalue weighted by Gasteiger charge is -2.41. The fourth-order valence-electron chi connectivity index (χ4n) is 2.09. The molecule has 0 aliphatic heterocycles. The average Bonchev–Trinajstić information content (AvgIpc) is 2.34. The predicted octanol–water partition coefficient (Wildman–Crippen LogP) is 1.51. The van der Waals surface area contributed by atoms with Crippen molar-refractivity contribution in [2.24, 2.45) is 5.73 Å². The molecule has 0 saturated heterocycles. The summed E-state index contributed by atoms with van der Waals surface area (Å²) in [5.41, 5.74) is 7.12. The molecule has 2 rings (SSSR count). The number of nitrogens with two attached hydrogens (primary N) is 1. The first-order chi connectivity index (χ1) is 8.70. The van der Waals surface area contributed by atoms with Gasteiger partial charge in [-0.05, 0) is 24.6 Å². The van der Waals surface area contributed by atoms with Crippen molar-refractivity contribution in [2.45, 2.75) is 31.6 Å². The van der Waals surface area contributed by atoms with Crippen molar-refractivity contribution in [3.05, 3.63) is 29.8 Å². The lowest BCUT2D eigenvalue weighted by atomic mass is 9.86. The van der Waals surface area contributed by atoms with Crippen molar-refractivity contribution in [3.63, 3.8) is 0 Å². The van der Waals surface area contributed by atoms with Crippen LogP contribution < -0.4 is 10.5 Å². The summed E-state index contributed by atoms with van der Waals surface area (Å²) in [6, 6.07) is 8.09. The fraction of sp³-hybridized carbons (Fsp3) is 0.571. The third-order valence-corrected chi connectivity index (χ3v) is 3.17. The summed E-state index contributed by atoms with van der Waals surface area (Å²) in [7, 11) is 1.66. The van der Waals surface area contributed by atoms with Gasteiger partial charge in [0.2, 0.25) is 0 Å². The number of benzene rings is 1. The summed E-state index contributed by atoms with van der Waals surface area (Å²) in [6.07, 6.45) is 0.866. The molecular weight excluding hydrogens is 230 g/mol. The van der Waals surface area contributed by atoms with E-state index in [-0.39, 0.29) is 18.2 Å². The Morgan fingerprint density at radius 2 is 2.17 bits per heavy atom. The lowest BCUT2D eigenvalue weighted by molar-refractivity contribution is -0.107. The lowest BCUT2D eigenvalue weighted by Crippen LogP contribution is -2.59. The molecule has 1 aliphatic carbocycles. The minimum absolute atomic E-state index is 0.0272. The van der Waals surface area contributed by atoms with Crippen molar-refractivity contribution >= 4 is 0 Å². The zero-order chi connectivity index (χ0) is 13.0. The Labute approximate surface area is 108 Å². The highest BCUT2D eigenvalue weighted by atomic mass is 16.6. The molecule has 2 N–H and O–H groups in total. The van der Waals surface area contributed by atoms with Gasteiger partial charge in [0, 0.05) is 19.6 Å². The van der Waals surface area contributed by atoms with Gasteiger partial charge in [0.15, 0.2) is 0 Å². The predicted molar refractivity (Wildman–Crippen MR) is 69.8 cm³/mol. The van der Waals surface area contributed by atoms with Crippen LogP contribution in [0.4, 0.5) is 0 Å². The van der Waals surface area contributed by atoms with E-state index >= 15 is 0 Å².